The first-order valence-corrected chi connectivity index (χ1v) is 8.02. The van der Waals surface area contributed by atoms with Crippen molar-refractivity contribution >= 4 is 5.97 Å². The number of aryl methyl sites for hydroxylation is 2. The third-order valence-corrected chi connectivity index (χ3v) is 4.51. The second-order valence-corrected chi connectivity index (χ2v) is 6.00. The zero-order valence-corrected chi connectivity index (χ0v) is 14.2. The number of rotatable bonds is 3. The molecule has 0 spiro atoms. The van der Waals surface area contributed by atoms with E-state index in [9.17, 15) is 4.79 Å². The number of fused-ring (bicyclic) bond motifs is 1. The minimum absolute atomic E-state index is 0.340. The molecule has 0 radical (unpaired) electrons. The molecule has 1 aromatic heterocycles. The molecule has 1 aliphatic rings. The predicted octanol–water partition coefficient (Wildman–Crippen LogP) is 4.23. The van der Waals surface area contributed by atoms with Crippen molar-refractivity contribution in [2.45, 2.75) is 20.0 Å². The van der Waals surface area contributed by atoms with Gasteiger partial charge in [-0.2, -0.15) is 0 Å². The van der Waals surface area contributed by atoms with Gasteiger partial charge in [0.2, 0.25) is 0 Å². The highest BCUT2D eigenvalue weighted by molar-refractivity contribution is 5.97. The van der Waals surface area contributed by atoms with Gasteiger partial charge in [-0.3, -0.25) is 0 Å². The van der Waals surface area contributed by atoms with E-state index in [1.54, 1.807) is 13.2 Å². The van der Waals surface area contributed by atoms with Crippen LogP contribution in [0, 0.1) is 13.8 Å². The molecule has 5 heteroatoms. The second-order valence-electron chi connectivity index (χ2n) is 6.00. The molecule has 0 saturated heterocycles. The molecular formula is C20H17NO4. The standard InChI is InChI=1S/C20H17NO4/c1-11-16(12(2)25-21-11)14-9-10-15-17(19(14)23-3)18(24-20(15)22)13-7-5-4-6-8-13/h4-10,18H,1-3H3. The Hall–Kier alpha value is -3.08. The number of carbonyl (C=O) groups is 1. The summed E-state index contributed by atoms with van der Waals surface area (Å²) in [6.45, 7) is 3.74. The van der Waals surface area contributed by atoms with E-state index in [4.69, 9.17) is 14.0 Å². The van der Waals surface area contributed by atoms with Crippen molar-refractivity contribution in [3.8, 4) is 16.9 Å². The molecule has 3 aromatic rings. The number of hydrogen-bond acceptors (Lipinski definition) is 5. The third kappa shape index (κ3) is 2.31. The van der Waals surface area contributed by atoms with Gasteiger partial charge in [0, 0.05) is 5.56 Å². The summed E-state index contributed by atoms with van der Waals surface area (Å²) < 4.78 is 16.7. The Morgan fingerprint density at radius 3 is 2.40 bits per heavy atom. The van der Waals surface area contributed by atoms with Crippen LogP contribution in [0.25, 0.3) is 11.1 Å². The van der Waals surface area contributed by atoms with Crippen LogP contribution in [0.5, 0.6) is 5.75 Å². The van der Waals surface area contributed by atoms with E-state index in [0.29, 0.717) is 17.1 Å². The van der Waals surface area contributed by atoms with Gasteiger partial charge in [-0.05, 0) is 31.5 Å². The number of cyclic esters (lactones) is 1. The molecule has 4 rings (SSSR count). The largest absolute Gasteiger partial charge is 0.496 e. The van der Waals surface area contributed by atoms with Gasteiger partial charge in [0.1, 0.15) is 11.5 Å². The van der Waals surface area contributed by atoms with Crippen molar-refractivity contribution in [3.05, 3.63) is 70.6 Å². The quantitative estimate of drug-likeness (QED) is 0.670. The molecule has 1 unspecified atom stereocenters. The molecule has 2 heterocycles. The van der Waals surface area contributed by atoms with Gasteiger partial charge in [-0.25, -0.2) is 4.79 Å². The summed E-state index contributed by atoms with van der Waals surface area (Å²) in [7, 11) is 1.60. The Labute approximate surface area is 145 Å². The van der Waals surface area contributed by atoms with Gasteiger partial charge in [0.25, 0.3) is 0 Å². The normalized spacial score (nSPS) is 15.8. The van der Waals surface area contributed by atoms with Crippen LogP contribution in [0.2, 0.25) is 0 Å². The second kappa shape index (κ2) is 5.77. The van der Waals surface area contributed by atoms with Gasteiger partial charge < -0.3 is 14.0 Å². The lowest BCUT2D eigenvalue weighted by atomic mass is 9.92. The predicted molar refractivity (Wildman–Crippen MR) is 91.7 cm³/mol. The molecule has 126 valence electrons. The molecule has 0 bridgehead atoms. The Kier molecular flexibility index (Phi) is 3.57. The number of aromatic nitrogens is 1. The van der Waals surface area contributed by atoms with Gasteiger partial charge in [0.15, 0.2) is 6.10 Å². The molecule has 1 aliphatic heterocycles. The van der Waals surface area contributed by atoms with Crippen molar-refractivity contribution in [2.75, 3.05) is 7.11 Å². The first-order chi connectivity index (χ1) is 12.1. The van der Waals surface area contributed by atoms with Crippen LogP contribution in [0.1, 0.15) is 39.0 Å². The molecule has 5 nitrogen and oxygen atoms in total. The first kappa shape index (κ1) is 15.4. The van der Waals surface area contributed by atoms with E-state index >= 15 is 0 Å². The van der Waals surface area contributed by atoms with Crippen LogP contribution in [0.15, 0.2) is 47.0 Å². The van der Waals surface area contributed by atoms with Gasteiger partial charge in [-0.1, -0.05) is 35.5 Å². The van der Waals surface area contributed by atoms with Crippen molar-refractivity contribution in [1.29, 1.82) is 0 Å². The Balaban J connectivity index is 1.97. The van der Waals surface area contributed by atoms with E-state index in [0.717, 1.165) is 27.9 Å². The van der Waals surface area contributed by atoms with Crippen LogP contribution in [-0.4, -0.2) is 18.2 Å². The molecule has 0 N–H and O–H groups in total. The number of nitrogens with zero attached hydrogens (tertiary/aromatic N) is 1. The minimum Gasteiger partial charge on any atom is -0.496 e. The molecule has 0 fully saturated rings. The Morgan fingerprint density at radius 2 is 1.76 bits per heavy atom. The van der Waals surface area contributed by atoms with Gasteiger partial charge >= 0.3 is 5.97 Å². The molecule has 0 saturated carbocycles. The highest BCUT2D eigenvalue weighted by Gasteiger charge is 2.37. The third-order valence-electron chi connectivity index (χ3n) is 4.51. The fraction of sp³-hybridized carbons (Fsp3) is 0.200. The fourth-order valence-electron chi connectivity index (χ4n) is 3.41. The number of hydrogen-bond donors (Lipinski definition) is 0. The molecule has 0 aliphatic carbocycles. The summed E-state index contributed by atoms with van der Waals surface area (Å²) in [4.78, 5) is 12.3. The minimum atomic E-state index is -0.487. The first-order valence-electron chi connectivity index (χ1n) is 8.02. The zero-order valence-electron chi connectivity index (χ0n) is 14.2. The van der Waals surface area contributed by atoms with Crippen LogP contribution in [0.4, 0.5) is 0 Å². The van der Waals surface area contributed by atoms with Crippen molar-refractivity contribution in [1.82, 2.24) is 5.16 Å². The average Bonchev–Trinajstić information content (AvgIpc) is 3.14. The maximum Gasteiger partial charge on any atom is 0.339 e. The van der Waals surface area contributed by atoms with E-state index in [1.807, 2.05) is 50.2 Å². The van der Waals surface area contributed by atoms with E-state index < -0.39 is 6.10 Å². The van der Waals surface area contributed by atoms with Crippen LogP contribution < -0.4 is 4.74 Å². The maximum absolute atomic E-state index is 12.3. The highest BCUT2D eigenvalue weighted by Crippen LogP contribution is 2.46. The SMILES string of the molecule is COc1c(-c2c(C)noc2C)ccc2c1C(c1ccccc1)OC2=O. The summed E-state index contributed by atoms with van der Waals surface area (Å²) in [5, 5.41) is 4.02. The molecule has 2 aromatic carbocycles. The summed E-state index contributed by atoms with van der Waals surface area (Å²) in [5.74, 6) is 0.983. The monoisotopic (exact) mass is 335 g/mol. The molecule has 0 amide bonds. The maximum atomic E-state index is 12.3. The molecule has 25 heavy (non-hydrogen) atoms. The topological polar surface area (TPSA) is 61.6 Å². The van der Waals surface area contributed by atoms with Crippen molar-refractivity contribution in [2.24, 2.45) is 0 Å². The highest BCUT2D eigenvalue weighted by atomic mass is 16.6. The van der Waals surface area contributed by atoms with Gasteiger partial charge in [-0.15, -0.1) is 0 Å². The number of esters is 1. The number of carbonyl (C=O) groups excluding carboxylic acids is 1. The lowest BCUT2D eigenvalue weighted by Crippen LogP contribution is -2.02. The summed E-state index contributed by atoms with van der Waals surface area (Å²) >= 11 is 0. The average molecular weight is 335 g/mol. The van der Waals surface area contributed by atoms with E-state index in [1.165, 1.54) is 0 Å². The van der Waals surface area contributed by atoms with E-state index in [2.05, 4.69) is 5.16 Å². The van der Waals surface area contributed by atoms with Crippen LogP contribution in [0.3, 0.4) is 0 Å². The molecule has 1 atom stereocenters. The van der Waals surface area contributed by atoms with E-state index in [-0.39, 0.29) is 5.97 Å². The van der Waals surface area contributed by atoms with Crippen LogP contribution in [-0.2, 0) is 4.74 Å². The molecular weight excluding hydrogens is 318 g/mol. The summed E-state index contributed by atoms with van der Waals surface area (Å²) in [6.07, 6.45) is -0.487. The number of ether oxygens (including phenoxy) is 2. The van der Waals surface area contributed by atoms with Crippen molar-refractivity contribution in [3.63, 3.8) is 0 Å². The smallest absolute Gasteiger partial charge is 0.339 e. The summed E-state index contributed by atoms with van der Waals surface area (Å²) in [6, 6.07) is 13.3. The fourth-order valence-corrected chi connectivity index (χ4v) is 3.41. The van der Waals surface area contributed by atoms with Crippen molar-refractivity contribution < 1.29 is 18.8 Å². The lowest BCUT2D eigenvalue weighted by molar-refractivity contribution is 0.0454. The van der Waals surface area contributed by atoms with Gasteiger partial charge in [0.05, 0.1) is 29.5 Å². The summed E-state index contributed by atoms with van der Waals surface area (Å²) in [5.41, 5.74) is 4.68. The zero-order chi connectivity index (χ0) is 17.6. The number of methoxy groups -OCH3 is 1. The Morgan fingerprint density at radius 1 is 1.04 bits per heavy atom. The number of benzene rings is 2. The Bertz CT molecular complexity index is 940. The van der Waals surface area contributed by atoms with Crippen LogP contribution >= 0.6 is 0 Å². The lowest BCUT2D eigenvalue weighted by Gasteiger charge is -2.16.